The molecular weight excluding hydrogens is 268 g/mol. The van der Waals surface area contributed by atoms with Gasteiger partial charge < -0.3 is 20.5 Å². The Kier molecular flexibility index (Phi) is 5.44. The standard InChI is InChI=1S/C16H24N2O3/c1-11(2)18-16(19)13(10-17)8-12-4-5-14-15(9-12)21-7-3-6-20-14/h4-5,9,11,13H,3,6-8,10,17H2,1-2H3,(H,18,19). The Labute approximate surface area is 125 Å². The SMILES string of the molecule is CC(C)NC(=O)C(CN)Cc1ccc2c(c1)OCCCO2. The molecule has 1 unspecified atom stereocenters. The number of hydrogen-bond acceptors (Lipinski definition) is 4. The number of carbonyl (C=O) groups excluding carboxylic acids is 1. The summed E-state index contributed by atoms with van der Waals surface area (Å²) in [6.07, 6.45) is 1.48. The molecule has 0 aliphatic carbocycles. The highest BCUT2D eigenvalue weighted by atomic mass is 16.5. The van der Waals surface area contributed by atoms with Crippen LogP contribution in [0.3, 0.4) is 0 Å². The molecule has 0 fully saturated rings. The number of hydrogen-bond donors (Lipinski definition) is 2. The second kappa shape index (κ2) is 7.31. The van der Waals surface area contributed by atoms with Gasteiger partial charge in [0.15, 0.2) is 11.5 Å². The van der Waals surface area contributed by atoms with E-state index in [1.165, 1.54) is 0 Å². The van der Waals surface area contributed by atoms with E-state index in [0.29, 0.717) is 26.2 Å². The smallest absolute Gasteiger partial charge is 0.224 e. The molecular formula is C16H24N2O3. The van der Waals surface area contributed by atoms with E-state index in [-0.39, 0.29) is 17.9 Å². The largest absolute Gasteiger partial charge is 0.490 e. The molecule has 5 nitrogen and oxygen atoms in total. The summed E-state index contributed by atoms with van der Waals surface area (Å²) in [5.74, 6) is 1.30. The van der Waals surface area contributed by atoms with E-state index in [1.807, 2.05) is 32.0 Å². The van der Waals surface area contributed by atoms with E-state index < -0.39 is 0 Å². The summed E-state index contributed by atoms with van der Waals surface area (Å²) in [5, 5.41) is 2.91. The van der Waals surface area contributed by atoms with Gasteiger partial charge in [0.1, 0.15) is 0 Å². The minimum Gasteiger partial charge on any atom is -0.490 e. The van der Waals surface area contributed by atoms with Crippen LogP contribution in [0.25, 0.3) is 0 Å². The summed E-state index contributed by atoms with van der Waals surface area (Å²) >= 11 is 0. The summed E-state index contributed by atoms with van der Waals surface area (Å²) in [4.78, 5) is 12.1. The first-order valence-electron chi connectivity index (χ1n) is 7.49. The predicted octanol–water partition coefficient (Wildman–Crippen LogP) is 1.49. The van der Waals surface area contributed by atoms with Crippen LogP contribution in [0.2, 0.25) is 0 Å². The maximum atomic E-state index is 12.1. The highest BCUT2D eigenvalue weighted by Gasteiger charge is 2.19. The quantitative estimate of drug-likeness (QED) is 0.862. The summed E-state index contributed by atoms with van der Waals surface area (Å²) in [6.45, 7) is 5.55. The molecule has 1 aromatic carbocycles. The van der Waals surface area contributed by atoms with Gasteiger partial charge in [-0.05, 0) is 38.0 Å². The fourth-order valence-electron chi connectivity index (χ4n) is 2.30. The third kappa shape index (κ3) is 4.36. The van der Waals surface area contributed by atoms with Crippen molar-refractivity contribution in [3.05, 3.63) is 23.8 Å². The Morgan fingerprint density at radius 3 is 2.67 bits per heavy atom. The van der Waals surface area contributed by atoms with Crippen LogP contribution in [0.15, 0.2) is 18.2 Å². The van der Waals surface area contributed by atoms with Crippen molar-refractivity contribution in [3.63, 3.8) is 0 Å². The minimum absolute atomic E-state index is 0.000360. The van der Waals surface area contributed by atoms with Gasteiger partial charge >= 0.3 is 0 Å². The third-order valence-electron chi connectivity index (χ3n) is 3.38. The van der Waals surface area contributed by atoms with Gasteiger partial charge in [0.2, 0.25) is 5.91 Å². The third-order valence-corrected chi connectivity index (χ3v) is 3.38. The van der Waals surface area contributed by atoms with Crippen LogP contribution in [-0.4, -0.2) is 31.7 Å². The Balaban J connectivity index is 2.07. The lowest BCUT2D eigenvalue weighted by molar-refractivity contribution is -0.125. The van der Waals surface area contributed by atoms with Gasteiger partial charge in [0.25, 0.3) is 0 Å². The predicted molar refractivity (Wildman–Crippen MR) is 81.6 cm³/mol. The van der Waals surface area contributed by atoms with Crippen molar-refractivity contribution in [2.75, 3.05) is 19.8 Å². The maximum Gasteiger partial charge on any atom is 0.224 e. The van der Waals surface area contributed by atoms with E-state index in [9.17, 15) is 4.79 Å². The summed E-state index contributed by atoms with van der Waals surface area (Å²) in [5.41, 5.74) is 6.78. The number of nitrogens with two attached hydrogens (primary N) is 1. The maximum absolute atomic E-state index is 12.1. The Hall–Kier alpha value is -1.75. The van der Waals surface area contributed by atoms with Crippen molar-refractivity contribution in [1.82, 2.24) is 5.32 Å². The molecule has 21 heavy (non-hydrogen) atoms. The summed E-state index contributed by atoms with van der Waals surface area (Å²) in [7, 11) is 0. The highest BCUT2D eigenvalue weighted by Crippen LogP contribution is 2.31. The first-order chi connectivity index (χ1) is 10.1. The Bertz CT molecular complexity index is 488. The van der Waals surface area contributed by atoms with Crippen molar-refractivity contribution >= 4 is 5.91 Å². The topological polar surface area (TPSA) is 73.6 Å². The van der Waals surface area contributed by atoms with Crippen LogP contribution in [0.4, 0.5) is 0 Å². The molecule has 0 bridgehead atoms. The number of carbonyl (C=O) groups is 1. The van der Waals surface area contributed by atoms with Crippen molar-refractivity contribution in [2.24, 2.45) is 11.7 Å². The van der Waals surface area contributed by atoms with Gasteiger partial charge in [-0.15, -0.1) is 0 Å². The van der Waals surface area contributed by atoms with E-state index in [1.54, 1.807) is 0 Å². The van der Waals surface area contributed by atoms with Gasteiger partial charge in [-0.3, -0.25) is 4.79 Å². The van der Waals surface area contributed by atoms with Crippen molar-refractivity contribution in [3.8, 4) is 11.5 Å². The number of benzene rings is 1. The van der Waals surface area contributed by atoms with E-state index in [2.05, 4.69) is 5.32 Å². The molecule has 1 aromatic rings. The molecule has 2 rings (SSSR count). The molecule has 0 saturated carbocycles. The average molecular weight is 292 g/mol. The Morgan fingerprint density at radius 2 is 2.00 bits per heavy atom. The molecule has 1 amide bonds. The molecule has 1 aliphatic heterocycles. The monoisotopic (exact) mass is 292 g/mol. The van der Waals surface area contributed by atoms with Crippen molar-refractivity contribution in [1.29, 1.82) is 0 Å². The fourth-order valence-corrected chi connectivity index (χ4v) is 2.30. The molecule has 0 aromatic heterocycles. The molecule has 1 aliphatic rings. The molecule has 3 N–H and O–H groups in total. The van der Waals surface area contributed by atoms with E-state index in [0.717, 1.165) is 23.5 Å². The first kappa shape index (κ1) is 15.6. The molecule has 116 valence electrons. The molecule has 0 spiro atoms. The van der Waals surface area contributed by atoms with Crippen LogP contribution in [0, 0.1) is 5.92 Å². The van der Waals surface area contributed by atoms with Crippen LogP contribution in [0.5, 0.6) is 11.5 Å². The number of rotatable bonds is 5. The molecule has 0 saturated heterocycles. The van der Waals surface area contributed by atoms with E-state index in [4.69, 9.17) is 15.2 Å². The summed E-state index contributed by atoms with van der Waals surface area (Å²) < 4.78 is 11.3. The lowest BCUT2D eigenvalue weighted by Crippen LogP contribution is -2.39. The van der Waals surface area contributed by atoms with Gasteiger partial charge in [-0.1, -0.05) is 6.07 Å². The fraction of sp³-hybridized carbons (Fsp3) is 0.562. The second-order valence-corrected chi connectivity index (χ2v) is 5.63. The Morgan fingerprint density at radius 1 is 1.29 bits per heavy atom. The van der Waals surface area contributed by atoms with Crippen LogP contribution < -0.4 is 20.5 Å². The lowest BCUT2D eigenvalue weighted by Gasteiger charge is -2.17. The molecule has 1 atom stereocenters. The summed E-state index contributed by atoms with van der Waals surface area (Å²) in [6, 6.07) is 5.95. The van der Waals surface area contributed by atoms with Crippen LogP contribution in [-0.2, 0) is 11.2 Å². The average Bonchev–Trinajstić information content (AvgIpc) is 2.68. The normalized spacial score (nSPS) is 15.4. The van der Waals surface area contributed by atoms with Crippen molar-refractivity contribution < 1.29 is 14.3 Å². The minimum atomic E-state index is -0.225. The lowest BCUT2D eigenvalue weighted by atomic mass is 9.98. The molecule has 5 heteroatoms. The van der Waals surface area contributed by atoms with Gasteiger partial charge in [-0.2, -0.15) is 0 Å². The zero-order valence-electron chi connectivity index (χ0n) is 12.7. The van der Waals surface area contributed by atoms with E-state index >= 15 is 0 Å². The van der Waals surface area contributed by atoms with Gasteiger partial charge in [0.05, 0.1) is 19.1 Å². The molecule has 0 radical (unpaired) electrons. The number of ether oxygens (including phenoxy) is 2. The van der Waals surface area contributed by atoms with Crippen molar-refractivity contribution in [2.45, 2.75) is 32.7 Å². The number of nitrogens with one attached hydrogen (secondary N) is 1. The number of fused-ring (bicyclic) bond motifs is 1. The number of amides is 1. The van der Waals surface area contributed by atoms with Gasteiger partial charge in [-0.25, -0.2) is 0 Å². The highest BCUT2D eigenvalue weighted by molar-refractivity contribution is 5.79. The zero-order chi connectivity index (χ0) is 15.2. The van der Waals surface area contributed by atoms with Crippen LogP contribution in [0.1, 0.15) is 25.8 Å². The van der Waals surface area contributed by atoms with Gasteiger partial charge in [0, 0.05) is 19.0 Å². The van der Waals surface area contributed by atoms with Crippen LogP contribution >= 0.6 is 0 Å². The molecule has 1 heterocycles. The first-order valence-corrected chi connectivity index (χ1v) is 7.49. The zero-order valence-corrected chi connectivity index (χ0v) is 12.7. The second-order valence-electron chi connectivity index (χ2n) is 5.63.